The number of hydrogen-bond donors (Lipinski definition) is 3. The number of benzene rings is 2. The van der Waals surface area contributed by atoms with Crippen LogP contribution in [0.3, 0.4) is 0 Å². The molecule has 0 radical (unpaired) electrons. The van der Waals surface area contributed by atoms with Crippen molar-refractivity contribution < 1.29 is 4.39 Å². The van der Waals surface area contributed by atoms with Crippen LogP contribution in [0.1, 0.15) is 0 Å². The van der Waals surface area contributed by atoms with Crippen molar-refractivity contribution in [2.45, 2.75) is 0 Å². The van der Waals surface area contributed by atoms with Gasteiger partial charge < -0.3 is 20.2 Å². The summed E-state index contributed by atoms with van der Waals surface area (Å²) in [6, 6.07) is 10.8. The van der Waals surface area contributed by atoms with Crippen molar-refractivity contribution in [3.8, 4) is 11.3 Å². The molecule has 0 atom stereocenters. The number of para-hydroxylation sites is 1. The number of nitrogens with one attached hydrogen (secondary N) is 3. The quantitative estimate of drug-likeness (QED) is 0.512. The van der Waals surface area contributed by atoms with E-state index in [1.54, 1.807) is 12.3 Å². The zero-order chi connectivity index (χ0) is 18.4. The number of hydrogen-bond acceptors (Lipinski definition) is 4. The lowest BCUT2D eigenvalue weighted by Gasteiger charge is -2.29. The molecule has 3 N–H and O–H groups in total. The van der Waals surface area contributed by atoms with Gasteiger partial charge in [0.1, 0.15) is 11.5 Å². The molecular weight excluding hydrogens is 345 g/mol. The molecule has 1 aliphatic rings. The highest BCUT2D eigenvalue weighted by Gasteiger charge is 2.18. The van der Waals surface area contributed by atoms with Crippen LogP contribution in [0.4, 0.5) is 10.1 Å². The topological polar surface area (TPSA) is 76.8 Å². The van der Waals surface area contributed by atoms with E-state index in [2.05, 4.69) is 20.3 Å². The standard InChI is InChI=1S/C20H18FN5O/c21-14-9-16-17(10-18(14)26-7-5-22-6-8-26)25-20(27)19(24-16)13-11-23-15-4-2-1-3-12(13)15/h1-4,9-11,22-23H,5-8H2,(H,25,27). The summed E-state index contributed by atoms with van der Waals surface area (Å²) in [4.78, 5) is 25.2. The van der Waals surface area contributed by atoms with Crippen LogP contribution in [-0.2, 0) is 0 Å². The molecule has 0 spiro atoms. The van der Waals surface area contributed by atoms with Crippen LogP contribution in [0.15, 0.2) is 47.4 Å². The van der Waals surface area contributed by atoms with Gasteiger partial charge in [-0.1, -0.05) is 18.2 Å². The van der Waals surface area contributed by atoms with E-state index in [0.717, 1.165) is 37.1 Å². The molecular formula is C20H18FN5O. The Bertz CT molecular complexity index is 1210. The van der Waals surface area contributed by atoms with Crippen LogP contribution in [0, 0.1) is 5.82 Å². The van der Waals surface area contributed by atoms with E-state index in [-0.39, 0.29) is 17.1 Å². The maximum absolute atomic E-state index is 14.7. The zero-order valence-corrected chi connectivity index (χ0v) is 14.6. The summed E-state index contributed by atoms with van der Waals surface area (Å²) in [6.07, 6.45) is 1.76. The molecule has 2 aromatic carbocycles. The molecule has 6 nitrogen and oxygen atoms in total. The first-order chi connectivity index (χ1) is 13.2. The number of anilines is 1. The number of fused-ring (bicyclic) bond motifs is 2. The molecule has 1 aliphatic heterocycles. The second-order valence-corrected chi connectivity index (χ2v) is 6.72. The Labute approximate surface area is 154 Å². The highest BCUT2D eigenvalue weighted by molar-refractivity contribution is 5.95. The Hall–Kier alpha value is -3.19. The van der Waals surface area contributed by atoms with Crippen LogP contribution in [0.25, 0.3) is 33.2 Å². The largest absolute Gasteiger partial charge is 0.367 e. The van der Waals surface area contributed by atoms with Crippen LogP contribution >= 0.6 is 0 Å². The van der Waals surface area contributed by atoms with Gasteiger partial charge in [-0.05, 0) is 12.1 Å². The van der Waals surface area contributed by atoms with Crippen molar-refractivity contribution in [3.05, 3.63) is 58.8 Å². The second-order valence-electron chi connectivity index (χ2n) is 6.72. The Morgan fingerprint density at radius 1 is 1.07 bits per heavy atom. The first-order valence-corrected chi connectivity index (χ1v) is 8.96. The smallest absolute Gasteiger partial charge is 0.275 e. The lowest BCUT2D eigenvalue weighted by Crippen LogP contribution is -2.43. The van der Waals surface area contributed by atoms with Crippen LogP contribution in [-0.4, -0.2) is 41.1 Å². The monoisotopic (exact) mass is 363 g/mol. The third-order valence-electron chi connectivity index (χ3n) is 5.06. The first-order valence-electron chi connectivity index (χ1n) is 8.96. The summed E-state index contributed by atoms with van der Waals surface area (Å²) in [6.45, 7) is 3.08. The number of nitrogens with zero attached hydrogens (tertiary/aromatic N) is 2. The van der Waals surface area contributed by atoms with Gasteiger partial charge in [-0.3, -0.25) is 4.79 Å². The lowest BCUT2D eigenvalue weighted by atomic mass is 10.1. The third-order valence-corrected chi connectivity index (χ3v) is 5.06. The molecule has 1 fully saturated rings. The van der Waals surface area contributed by atoms with Crippen LogP contribution in [0.2, 0.25) is 0 Å². The molecule has 2 aromatic heterocycles. The fraction of sp³-hybridized carbons (Fsp3) is 0.200. The molecule has 136 valence electrons. The summed E-state index contributed by atoms with van der Waals surface area (Å²) in [5.41, 5.74) is 3.11. The van der Waals surface area contributed by atoms with E-state index in [9.17, 15) is 9.18 Å². The SMILES string of the molecule is O=c1[nH]c2cc(N3CCNCC3)c(F)cc2nc1-c1c[nH]c2ccccc12. The molecule has 0 amide bonds. The molecule has 0 bridgehead atoms. The van der Waals surface area contributed by atoms with E-state index < -0.39 is 0 Å². The van der Waals surface area contributed by atoms with Crippen molar-refractivity contribution in [2.24, 2.45) is 0 Å². The molecule has 7 heteroatoms. The number of H-pyrrole nitrogens is 2. The third kappa shape index (κ3) is 2.67. The molecule has 0 aliphatic carbocycles. The fourth-order valence-electron chi connectivity index (χ4n) is 3.69. The van der Waals surface area contributed by atoms with Gasteiger partial charge in [0.25, 0.3) is 5.56 Å². The first kappa shape index (κ1) is 16.0. The highest BCUT2D eigenvalue weighted by Crippen LogP contribution is 2.28. The van der Waals surface area contributed by atoms with Gasteiger partial charge in [0.15, 0.2) is 0 Å². The summed E-state index contributed by atoms with van der Waals surface area (Å²) in [5.74, 6) is -0.325. The van der Waals surface area contributed by atoms with Gasteiger partial charge in [-0.25, -0.2) is 9.37 Å². The van der Waals surface area contributed by atoms with Crippen molar-refractivity contribution in [1.29, 1.82) is 0 Å². The maximum atomic E-state index is 14.7. The average Bonchev–Trinajstić information content (AvgIpc) is 3.12. The van der Waals surface area contributed by atoms with Gasteiger partial charge >= 0.3 is 0 Å². The molecule has 5 rings (SSSR count). The predicted molar refractivity (Wildman–Crippen MR) is 105 cm³/mol. The van der Waals surface area contributed by atoms with Crippen molar-refractivity contribution in [3.63, 3.8) is 0 Å². The highest BCUT2D eigenvalue weighted by atomic mass is 19.1. The number of piperazine rings is 1. The second kappa shape index (κ2) is 6.21. The zero-order valence-electron chi connectivity index (χ0n) is 14.6. The molecule has 3 heterocycles. The lowest BCUT2D eigenvalue weighted by molar-refractivity contribution is 0.567. The molecule has 4 aromatic rings. The molecule has 27 heavy (non-hydrogen) atoms. The number of halogens is 1. The minimum absolute atomic E-state index is 0.286. The van der Waals surface area contributed by atoms with Gasteiger partial charge in [0, 0.05) is 54.9 Å². The van der Waals surface area contributed by atoms with E-state index in [1.807, 2.05) is 29.2 Å². The molecule has 1 saturated heterocycles. The minimum Gasteiger partial charge on any atom is -0.367 e. The Kier molecular flexibility index (Phi) is 3.68. The van der Waals surface area contributed by atoms with Gasteiger partial charge in [-0.2, -0.15) is 0 Å². The predicted octanol–water partition coefficient (Wildman–Crippen LogP) is 2.62. The van der Waals surface area contributed by atoms with Crippen molar-refractivity contribution >= 4 is 27.6 Å². The Morgan fingerprint density at radius 2 is 1.89 bits per heavy atom. The number of aromatic nitrogens is 3. The Balaban J connectivity index is 1.66. The summed E-state index contributed by atoms with van der Waals surface area (Å²) in [5, 5.41) is 4.16. The summed E-state index contributed by atoms with van der Waals surface area (Å²) >= 11 is 0. The normalized spacial score (nSPS) is 14.9. The van der Waals surface area contributed by atoms with Gasteiger partial charge in [0.2, 0.25) is 0 Å². The van der Waals surface area contributed by atoms with E-state index in [4.69, 9.17) is 0 Å². The van der Waals surface area contributed by atoms with E-state index in [1.165, 1.54) is 6.07 Å². The van der Waals surface area contributed by atoms with E-state index >= 15 is 0 Å². The van der Waals surface area contributed by atoms with Gasteiger partial charge in [0.05, 0.1) is 16.7 Å². The van der Waals surface area contributed by atoms with E-state index in [0.29, 0.717) is 22.3 Å². The summed E-state index contributed by atoms with van der Waals surface area (Å²) in [7, 11) is 0. The van der Waals surface area contributed by atoms with Crippen LogP contribution < -0.4 is 15.8 Å². The fourth-order valence-corrected chi connectivity index (χ4v) is 3.69. The summed E-state index contributed by atoms with van der Waals surface area (Å²) < 4.78 is 14.7. The molecule has 0 saturated carbocycles. The van der Waals surface area contributed by atoms with Crippen molar-refractivity contribution in [1.82, 2.24) is 20.3 Å². The molecule has 0 unspecified atom stereocenters. The number of aromatic amines is 2. The van der Waals surface area contributed by atoms with Crippen molar-refractivity contribution in [2.75, 3.05) is 31.1 Å². The maximum Gasteiger partial charge on any atom is 0.275 e. The average molecular weight is 363 g/mol. The minimum atomic E-state index is -0.325. The van der Waals surface area contributed by atoms with Crippen LogP contribution in [0.5, 0.6) is 0 Å². The van der Waals surface area contributed by atoms with Gasteiger partial charge in [-0.15, -0.1) is 0 Å². The Morgan fingerprint density at radius 3 is 2.74 bits per heavy atom. The number of rotatable bonds is 2.